The van der Waals surface area contributed by atoms with Crippen molar-refractivity contribution in [2.45, 2.75) is 62.9 Å². The normalized spacial score (nSPS) is 25.0. The van der Waals surface area contributed by atoms with E-state index >= 15 is 0 Å². The first kappa shape index (κ1) is 14.9. The van der Waals surface area contributed by atoms with Gasteiger partial charge in [-0.3, -0.25) is 4.68 Å². The first-order valence-corrected chi connectivity index (χ1v) is 8.61. The van der Waals surface area contributed by atoms with Crippen LogP contribution in [0.15, 0.2) is 16.9 Å². The van der Waals surface area contributed by atoms with E-state index in [1.54, 1.807) is 4.68 Å². The molecular weight excluding hydrogens is 292 g/mol. The van der Waals surface area contributed by atoms with Crippen molar-refractivity contribution in [3.8, 4) is 0 Å². The van der Waals surface area contributed by atoms with Crippen molar-refractivity contribution in [2.24, 2.45) is 7.05 Å². The Bertz CT molecular complexity index is 672. The summed E-state index contributed by atoms with van der Waals surface area (Å²) in [6.45, 7) is 2.89. The lowest BCUT2D eigenvalue weighted by atomic mass is 9.84. The number of nitrogens with zero attached hydrogens (tertiary/aromatic N) is 4. The van der Waals surface area contributed by atoms with Gasteiger partial charge in [0.25, 0.3) is 0 Å². The van der Waals surface area contributed by atoms with Crippen LogP contribution in [0, 0.1) is 0 Å². The summed E-state index contributed by atoms with van der Waals surface area (Å²) in [7, 11) is 1.92. The summed E-state index contributed by atoms with van der Waals surface area (Å²) < 4.78 is 13.5. The van der Waals surface area contributed by atoms with Gasteiger partial charge in [-0.15, -0.1) is 0 Å². The summed E-state index contributed by atoms with van der Waals surface area (Å²) in [6.07, 6.45) is 10.8. The summed E-state index contributed by atoms with van der Waals surface area (Å²) in [5, 5.41) is 8.50. The highest BCUT2D eigenvalue weighted by Gasteiger charge is 2.41. The summed E-state index contributed by atoms with van der Waals surface area (Å²) >= 11 is 0. The minimum atomic E-state index is 0.0743. The average Bonchev–Trinajstić information content (AvgIpc) is 3.28. The number of aromatic nitrogens is 4. The number of hydrogen-bond donors (Lipinski definition) is 0. The standard InChI is InChI=1S/C17H24N4O2/c1-12(14-10-18-21(2)11-14)16-19-15(20-23-16)13-5-8-22-17(9-13)6-3-4-7-17/h10-13H,3-9H2,1-2H3. The Morgan fingerprint density at radius 3 is 2.91 bits per heavy atom. The maximum atomic E-state index is 6.11. The molecule has 1 aliphatic heterocycles. The van der Waals surface area contributed by atoms with Gasteiger partial charge in [-0.1, -0.05) is 18.0 Å². The number of rotatable bonds is 3. The van der Waals surface area contributed by atoms with Gasteiger partial charge in [0.1, 0.15) is 0 Å². The van der Waals surface area contributed by atoms with Crippen LogP contribution in [0.2, 0.25) is 0 Å². The Kier molecular flexibility index (Phi) is 3.71. The lowest BCUT2D eigenvalue weighted by Gasteiger charge is -2.37. The number of ether oxygens (including phenoxy) is 1. The Morgan fingerprint density at radius 2 is 2.17 bits per heavy atom. The monoisotopic (exact) mass is 316 g/mol. The molecule has 2 aromatic rings. The SMILES string of the molecule is CC(c1cnn(C)c1)c1nc(C2CCOC3(CCCC3)C2)no1. The van der Waals surface area contributed by atoms with E-state index in [2.05, 4.69) is 17.2 Å². The van der Waals surface area contributed by atoms with E-state index in [4.69, 9.17) is 14.2 Å². The van der Waals surface area contributed by atoms with Crippen LogP contribution in [0.1, 0.15) is 74.6 Å². The van der Waals surface area contributed by atoms with Crippen LogP contribution in [0.25, 0.3) is 0 Å². The minimum Gasteiger partial charge on any atom is -0.375 e. The number of aryl methyl sites for hydroxylation is 1. The fraction of sp³-hybridized carbons (Fsp3) is 0.706. The van der Waals surface area contributed by atoms with Crippen molar-refractivity contribution in [1.29, 1.82) is 0 Å². The summed E-state index contributed by atoms with van der Waals surface area (Å²) in [4.78, 5) is 4.70. The third kappa shape index (κ3) is 2.80. The fourth-order valence-corrected chi connectivity index (χ4v) is 4.01. The maximum absolute atomic E-state index is 6.11. The predicted octanol–water partition coefficient (Wildman–Crippen LogP) is 3.16. The highest BCUT2D eigenvalue weighted by molar-refractivity contribution is 5.18. The second-order valence-corrected chi connectivity index (χ2v) is 7.09. The van der Waals surface area contributed by atoms with Gasteiger partial charge >= 0.3 is 0 Å². The summed E-state index contributed by atoms with van der Waals surface area (Å²) in [6, 6.07) is 0. The molecule has 4 rings (SSSR count). The molecular formula is C17H24N4O2. The molecule has 124 valence electrons. The minimum absolute atomic E-state index is 0.0743. The average molecular weight is 316 g/mol. The van der Waals surface area contributed by atoms with Crippen LogP contribution in [0.4, 0.5) is 0 Å². The van der Waals surface area contributed by atoms with E-state index in [0.717, 1.165) is 30.8 Å². The zero-order valence-corrected chi connectivity index (χ0v) is 13.9. The van der Waals surface area contributed by atoms with Gasteiger partial charge in [-0.25, -0.2) is 0 Å². The fourth-order valence-electron chi connectivity index (χ4n) is 4.01. The quantitative estimate of drug-likeness (QED) is 0.870. The van der Waals surface area contributed by atoms with Crippen LogP contribution in [-0.4, -0.2) is 32.1 Å². The van der Waals surface area contributed by atoms with E-state index in [1.807, 2.05) is 19.4 Å². The van der Waals surface area contributed by atoms with Crippen molar-refractivity contribution in [1.82, 2.24) is 19.9 Å². The maximum Gasteiger partial charge on any atom is 0.234 e. The lowest BCUT2D eigenvalue weighted by Crippen LogP contribution is -2.36. The molecule has 6 heteroatoms. The van der Waals surface area contributed by atoms with Crippen molar-refractivity contribution in [3.05, 3.63) is 29.7 Å². The molecule has 6 nitrogen and oxygen atoms in total. The van der Waals surface area contributed by atoms with Gasteiger partial charge < -0.3 is 9.26 Å². The van der Waals surface area contributed by atoms with Gasteiger partial charge in [-0.2, -0.15) is 10.1 Å². The van der Waals surface area contributed by atoms with Crippen LogP contribution < -0.4 is 0 Å². The zero-order chi connectivity index (χ0) is 15.9. The third-order valence-electron chi connectivity index (χ3n) is 5.43. The number of hydrogen-bond acceptors (Lipinski definition) is 5. The Balaban J connectivity index is 1.51. The van der Waals surface area contributed by atoms with Crippen LogP contribution in [0.3, 0.4) is 0 Å². The van der Waals surface area contributed by atoms with Crippen molar-refractivity contribution < 1.29 is 9.26 Å². The second-order valence-electron chi connectivity index (χ2n) is 7.09. The van der Waals surface area contributed by atoms with E-state index in [9.17, 15) is 0 Å². The van der Waals surface area contributed by atoms with E-state index < -0.39 is 0 Å². The molecule has 1 saturated carbocycles. The predicted molar refractivity (Wildman–Crippen MR) is 84.1 cm³/mol. The summed E-state index contributed by atoms with van der Waals surface area (Å²) in [5.41, 5.74) is 1.18. The second kappa shape index (κ2) is 5.74. The molecule has 2 aliphatic rings. The van der Waals surface area contributed by atoms with Crippen molar-refractivity contribution >= 4 is 0 Å². The van der Waals surface area contributed by atoms with E-state index in [0.29, 0.717) is 11.8 Å². The molecule has 0 amide bonds. The molecule has 2 fully saturated rings. The molecule has 2 aromatic heterocycles. The molecule has 0 bridgehead atoms. The lowest BCUT2D eigenvalue weighted by molar-refractivity contribution is -0.0815. The Hall–Kier alpha value is -1.69. The molecule has 1 aliphatic carbocycles. The molecule has 1 saturated heterocycles. The molecule has 0 radical (unpaired) electrons. The van der Waals surface area contributed by atoms with Gasteiger partial charge in [0.15, 0.2) is 5.82 Å². The first-order chi connectivity index (χ1) is 11.2. The van der Waals surface area contributed by atoms with Gasteiger partial charge in [0.05, 0.1) is 17.7 Å². The molecule has 1 spiro atoms. The smallest absolute Gasteiger partial charge is 0.234 e. The largest absolute Gasteiger partial charge is 0.375 e. The third-order valence-corrected chi connectivity index (χ3v) is 5.43. The van der Waals surface area contributed by atoms with Gasteiger partial charge in [0, 0.05) is 31.3 Å². The van der Waals surface area contributed by atoms with Crippen LogP contribution in [-0.2, 0) is 11.8 Å². The zero-order valence-electron chi connectivity index (χ0n) is 13.9. The summed E-state index contributed by atoms with van der Waals surface area (Å²) in [5.74, 6) is 1.97. The van der Waals surface area contributed by atoms with Crippen LogP contribution in [0.5, 0.6) is 0 Å². The van der Waals surface area contributed by atoms with Crippen LogP contribution >= 0.6 is 0 Å². The molecule has 0 aromatic carbocycles. The Labute approximate surface area is 136 Å². The molecule has 3 heterocycles. The van der Waals surface area contributed by atoms with Gasteiger partial charge in [0.2, 0.25) is 5.89 Å². The molecule has 23 heavy (non-hydrogen) atoms. The Morgan fingerprint density at radius 1 is 1.35 bits per heavy atom. The molecule has 2 atom stereocenters. The van der Waals surface area contributed by atoms with Gasteiger partial charge in [-0.05, 0) is 32.6 Å². The highest BCUT2D eigenvalue weighted by Crippen LogP contribution is 2.44. The molecule has 2 unspecified atom stereocenters. The first-order valence-electron chi connectivity index (χ1n) is 8.61. The van der Waals surface area contributed by atoms with Crippen molar-refractivity contribution in [2.75, 3.05) is 6.61 Å². The van der Waals surface area contributed by atoms with E-state index in [-0.39, 0.29) is 11.5 Å². The highest BCUT2D eigenvalue weighted by atomic mass is 16.5. The molecule has 0 N–H and O–H groups in total. The van der Waals surface area contributed by atoms with Crippen molar-refractivity contribution in [3.63, 3.8) is 0 Å². The topological polar surface area (TPSA) is 66.0 Å². The van der Waals surface area contributed by atoms with E-state index in [1.165, 1.54) is 25.7 Å².